The van der Waals surface area contributed by atoms with Crippen molar-refractivity contribution in [2.45, 2.75) is 32.3 Å². The first-order valence-corrected chi connectivity index (χ1v) is 8.96. The highest BCUT2D eigenvalue weighted by molar-refractivity contribution is 5.79. The summed E-state index contributed by atoms with van der Waals surface area (Å²) in [7, 11) is 0. The van der Waals surface area contributed by atoms with E-state index < -0.39 is 5.82 Å². The molecule has 142 valence electrons. The van der Waals surface area contributed by atoms with Gasteiger partial charge >= 0.3 is 0 Å². The Morgan fingerprint density at radius 1 is 1.33 bits per heavy atom. The minimum atomic E-state index is -0.523. The fourth-order valence-corrected chi connectivity index (χ4v) is 3.26. The molecule has 1 saturated heterocycles. The van der Waals surface area contributed by atoms with Crippen LogP contribution in [0.3, 0.4) is 0 Å². The Hall–Kier alpha value is -2.90. The molecule has 0 saturated carbocycles. The number of hydrogen-bond donors (Lipinski definition) is 0. The number of hydrogen-bond acceptors (Lipinski definition) is 6. The number of likely N-dealkylation sites (tertiary alicyclic amines) is 1. The predicted octanol–water partition coefficient (Wildman–Crippen LogP) is 2.13. The molecule has 1 atom stereocenters. The zero-order valence-corrected chi connectivity index (χ0v) is 15.0. The molecule has 2 aliphatic heterocycles. The van der Waals surface area contributed by atoms with E-state index in [1.54, 1.807) is 4.90 Å². The van der Waals surface area contributed by atoms with E-state index in [9.17, 15) is 9.18 Å². The normalized spacial score (nSPS) is 18.0. The van der Waals surface area contributed by atoms with Crippen LogP contribution in [-0.4, -0.2) is 46.8 Å². The maximum absolute atomic E-state index is 14.2. The summed E-state index contributed by atoms with van der Waals surface area (Å²) in [6, 6.07) is 5.49. The number of halogens is 1. The van der Waals surface area contributed by atoms with Gasteiger partial charge in [0.15, 0.2) is 11.5 Å². The lowest BCUT2D eigenvalue weighted by Crippen LogP contribution is -2.32. The van der Waals surface area contributed by atoms with Gasteiger partial charge in [0.2, 0.25) is 18.5 Å². The molecule has 0 radical (unpaired) electrons. The van der Waals surface area contributed by atoms with Crippen molar-refractivity contribution >= 4 is 5.91 Å². The van der Waals surface area contributed by atoms with Crippen LogP contribution in [0.2, 0.25) is 0 Å². The van der Waals surface area contributed by atoms with E-state index in [-0.39, 0.29) is 31.1 Å². The smallest absolute Gasteiger partial charge is 0.254 e. The van der Waals surface area contributed by atoms with Crippen LogP contribution < -0.4 is 14.2 Å². The lowest BCUT2D eigenvalue weighted by Gasteiger charge is -2.17. The molecule has 0 spiro atoms. The van der Waals surface area contributed by atoms with Crippen LogP contribution in [0.25, 0.3) is 0 Å². The first kappa shape index (κ1) is 17.5. The number of aromatic nitrogens is 2. The van der Waals surface area contributed by atoms with Crippen molar-refractivity contribution in [1.29, 1.82) is 0 Å². The first-order valence-electron chi connectivity index (χ1n) is 8.96. The van der Waals surface area contributed by atoms with Gasteiger partial charge in [-0.3, -0.25) is 4.79 Å². The van der Waals surface area contributed by atoms with Gasteiger partial charge in [-0.05, 0) is 24.1 Å². The number of carbonyl (C=O) groups is 1. The summed E-state index contributed by atoms with van der Waals surface area (Å²) in [6.45, 7) is 3.01. The van der Waals surface area contributed by atoms with Gasteiger partial charge in [0.05, 0.1) is 18.7 Å². The second-order valence-electron chi connectivity index (χ2n) is 6.53. The first-order chi connectivity index (χ1) is 13.1. The van der Waals surface area contributed by atoms with Gasteiger partial charge in [-0.15, -0.1) is 0 Å². The Kier molecular flexibility index (Phi) is 4.79. The monoisotopic (exact) mass is 373 g/mol. The molecular weight excluding hydrogens is 353 g/mol. The van der Waals surface area contributed by atoms with Gasteiger partial charge in [-0.1, -0.05) is 13.0 Å². The second kappa shape index (κ2) is 7.38. The maximum atomic E-state index is 14.2. The fourth-order valence-electron chi connectivity index (χ4n) is 3.26. The summed E-state index contributed by atoms with van der Waals surface area (Å²) in [4.78, 5) is 22.1. The minimum absolute atomic E-state index is 0.00243. The molecule has 0 N–H and O–H groups in total. The lowest BCUT2D eigenvalue weighted by atomic mass is 10.1. The molecule has 0 aliphatic carbocycles. The Balaban J connectivity index is 1.36. The fraction of sp³-hybridized carbons (Fsp3) is 0.421. The van der Waals surface area contributed by atoms with Crippen LogP contribution in [0.1, 0.15) is 24.6 Å². The third-order valence-electron chi connectivity index (χ3n) is 4.73. The molecule has 3 heterocycles. The molecule has 7 nitrogen and oxygen atoms in total. The van der Waals surface area contributed by atoms with E-state index in [2.05, 4.69) is 9.97 Å². The molecule has 2 aromatic rings. The Labute approximate surface area is 156 Å². The van der Waals surface area contributed by atoms with Crippen molar-refractivity contribution < 1.29 is 23.4 Å². The summed E-state index contributed by atoms with van der Waals surface area (Å²) in [5.74, 6) is 0.785. The molecule has 8 heteroatoms. The molecular formula is C19H20FN3O4. The van der Waals surface area contributed by atoms with Crippen molar-refractivity contribution in [3.8, 4) is 17.4 Å². The SMILES string of the molecule is CCc1ncnc(O[C@H]2CCN(C(=O)Cc3ccc4c(c3)OCO4)C2)c1F. The largest absolute Gasteiger partial charge is 0.470 e. The van der Waals surface area contributed by atoms with Gasteiger partial charge in [0, 0.05) is 13.0 Å². The van der Waals surface area contributed by atoms with Gasteiger partial charge in [0.25, 0.3) is 5.88 Å². The molecule has 1 aromatic carbocycles. The number of aryl methyl sites for hydroxylation is 1. The Morgan fingerprint density at radius 3 is 3.04 bits per heavy atom. The summed E-state index contributed by atoms with van der Waals surface area (Å²) >= 11 is 0. The van der Waals surface area contributed by atoms with Crippen molar-refractivity contribution in [2.75, 3.05) is 19.9 Å². The maximum Gasteiger partial charge on any atom is 0.254 e. The number of ether oxygens (including phenoxy) is 3. The standard InChI is InChI=1S/C19H20FN3O4/c1-2-14-18(20)19(22-10-21-14)27-13-5-6-23(9-13)17(24)8-12-3-4-15-16(7-12)26-11-25-15/h3-4,7,10,13H,2,5-6,8-9,11H2,1H3/t13-/m0/s1. The summed E-state index contributed by atoms with van der Waals surface area (Å²) in [5.41, 5.74) is 1.19. The third kappa shape index (κ3) is 3.65. The highest BCUT2D eigenvalue weighted by Gasteiger charge is 2.29. The highest BCUT2D eigenvalue weighted by Crippen LogP contribution is 2.32. The Bertz CT molecular complexity index is 861. The average molecular weight is 373 g/mol. The second-order valence-corrected chi connectivity index (χ2v) is 6.53. The minimum Gasteiger partial charge on any atom is -0.470 e. The van der Waals surface area contributed by atoms with Crippen molar-refractivity contribution in [1.82, 2.24) is 14.9 Å². The molecule has 1 fully saturated rings. The topological polar surface area (TPSA) is 73.8 Å². The van der Waals surface area contributed by atoms with Gasteiger partial charge in [0.1, 0.15) is 12.4 Å². The van der Waals surface area contributed by atoms with Gasteiger partial charge < -0.3 is 19.1 Å². The van der Waals surface area contributed by atoms with Crippen LogP contribution in [0.5, 0.6) is 17.4 Å². The third-order valence-corrected chi connectivity index (χ3v) is 4.73. The van der Waals surface area contributed by atoms with E-state index in [0.29, 0.717) is 43.1 Å². The summed E-state index contributed by atoms with van der Waals surface area (Å²) < 4.78 is 30.5. The molecule has 1 amide bonds. The molecule has 4 rings (SSSR count). The highest BCUT2D eigenvalue weighted by atomic mass is 19.1. The number of fused-ring (bicyclic) bond motifs is 1. The van der Waals surface area contributed by atoms with E-state index in [1.165, 1.54) is 6.33 Å². The zero-order chi connectivity index (χ0) is 18.8. The van der Waals surface area contributed by atoms with Gasteiger partial charge in [-0.25, -0.2) is 4.98 Å². The molecule has 0 bridgehead atoms. The lowest BCUT2D eigenvalue weighted by molar-refractivity contribution is -0.129. The average Bonchev–Trinajstić information content (AvgIpc) is 3.32. The summed E-state index contributed by atoms with van der Waals surface area (Å²) in [5, 5.41) is 0. The van der Waals surface area contributed by atoms with Crippen LogP contribution >= 0.6 is 0 Å². The van der Waals surface area contributed by atoms with Crippen molar-refractivity contribution in [2.24, 2.45) is 0 Å². The van der Waals surface area contributed by atoms with E-state index in [1.807, 2.05) is 25.1 Å². The number of benzene rings is 1. The predicted molar refractivity (Wildman–Crippen MR) is 93.3 cm³/mol. The number of carbonyl (C=O) groups excluding carboxylic acids is 1. The van der Waals surface area contributed by atoms with Crippen LogP contribution in [0.15, 0.2) is 24.5 Å². The molecule has 0 unspecified atom stereocenters. The molecule has 1 aromatic heterocycles. The van der Waals surface area contributed by atoms with Crippen molar-refractivity contribution in [3.63, 3.8) is 0 Å². The van der Waals surface area contributed by atoms with Crippen LogP contribution in [0.4, 0.5) is 4.39 Å². The quantitative estimate of drug-likeness (QED) is 0.799. The van der Waals surface area contributed by atoms with Gasteiger partial charge in [-0.2, -0.15) is 9.37 Å². The van der Waals surface area contributed by atoms with Crippen molar-refractivity contribution in [3.05, 3.63) is 41.6 Å². The van der Waals surface area contributed by atoms with Crippen LogP contribution in [0, 0.1) is 5.82 Å². The Morgan fingerprint density at radius 2 is 2.19 bits per heavy atom. The van der Waals surface area contributed by atoms with E-state index in [4.69, 9.17) is 14.2 Å². The van der Waals surface area contributed by atoms with E-state index >= 15 is 0 Å². The molecule has 27 heavy (non-hydrogen) atoms. The molecule has 2 aliphatic rings. The number of amides is 1. The van der Waals surface area contributed by atoms with Crippen LogP contribution in [-0.2, 0) is 17.6 Å². The van der Waals surface area contributed by atoms with E-state index in [0.717, 1.165) is 5.56 Å². The summed E-state index contributed by atoms with van der Waals surface area (Å²) in [6.07, 6.45) is 2.40. The number of rotatable bonds is 5. The zero-order valence-electron chi connectivity index (χ0n) is 15.0. The number of nitrogens with zero attached hydrogens (tertiary/aromatic N) is 3.